The minimum absolute atomic E-state index is 0.194. The Morgan fingerprint density at radius 1 is 0.789 bits per heavy atom. The van der Waals surface area contributed by atoms with Crippen LogP contribution in [0.25, 0.3) is 0 Å². The molecule has 0 amide bonds. The quantitative estimate of drug-likeness (QED) is 0.769. The summed E-state index contributed by atoms with van der Waals surface area (Å²) in [5.41, 5.74) is 0.194. The maximum atomic E-state index is 6.28. The van der Waals surface area contributed by atoms with E-state index in [0.717, 1.165) is 6.61 Å². The maximum Gasteiger partial charge on any atom is 0.197 e. The molecule has 100 valence electrons. The zero-order chi connectivity index (χ0) is 13.7. The SMILES string of the molecule is CC(C)(C)CO[PH+](c1ccccc1)c1ccccc1. The van der Waals surface area contributed by atoms with Crippen LogP contribution in [0.5, 0.6) is 0 Å². The van der Waals surface area contributed by atoms with Gasteiger partial charge in [0.05, 0.1) is 6.61 Å². The normalized spacial score (nSPS) is 11.8. The van der Waals surface area contributed by atoms with Gasteiger partial charge in [-0.25, -0.2) is 4.52 Å². The van der Waals surface area contributed by atoms with E-state index in [-0.39, 0.29) is 5.41 Å². The van der Waals surface area contributed by atoms with E-state index in [1.54, 1.807) is 0 Å². The highest BCUT2D eigenvalue weighted by Gasteiger charge is 2.26. The molecule has 2 aromatic rings. The molecule has 2 heteroatoms. The van der Waals surface area contributed by atoms with Gasteiger partial charge < -0.3 is 0 Å². The highest BCUT2D eigenvalue weighted by molar-refractivity contribution is 7.68. The lowest BCUT2D eigenvalue weighted by Crippen LogP contribution is -2.19. The Hall–Kier alpha value is -1.17. The molecule has 0 unspecified atom stereocenters. The summed E-state index contributed by atoms with van der Waals surface area (Å²) in [4.78, 5) is 0. The van der Waals surface area contributed by atoms with Crippen LogP contribution in [-0.4, -0.2) is 6.61 Å². The average Bonchev–Trinajstić information content (AvgIpc) is 2.40. The topological polar surface area (TPSA) is 9.23 Å². The molecule has 0 aromatic heterocycles. The molecule has 2 rings (SSSR count). The molecule has 0 aliphatic carbocycles. The maximum absolute atomic E-state index is 6.28. The van der Waals surface area contributed by atoms with Crippen LogP contribution >= 0.6 is 8.15 Å². The summed E-state index contributed by atoms with van der Waals surface area (Å²) in [7, 11) is -1.13. The summed E-state index contributed by atoms with van der Waals surface area (Å²) in [5, 5.41) is 2.62. The summed E-state index contributed by atoms with van der Waals surface area (Å²) < 4.78 is 6.28. The van der Waals surface area contributed by atoms with E-state index in [2.05, 4.69) is 81.4 Å². The van der Waals surface area contributed by atoms with Crippen LogP contribution < -0.4 is 10.6 Å². The summed E-state index contributed by atoms with van der Waals surface area (Å²) in [6, 6.07) is 21.1. The van der Waals surface area contributed by atoms with E-state index in [9.17, 15) is 0 Å². The van der Waals surface area contributed by atoms with Crippen LogP contribution in [0.15, 0.2) is 60.7 Å². The highest BCUT2D eigenvalue weighted by Crippen LogP contribution is 2.36. The van der Waals surface area contributed by atoms with Gasteiger partial charge in [-0.3, -0.25) is 0 Å². The molecule has 2 aromatic carbocycles. The molecule has 0 aliphatic rings. The molecule has 0 bridgehead atoms. The smallest absolute Gasteiger partial charge is 0.197 e. The zero-order valence-corrected chi connectivity index (χ0v) is 12.9. The Balaban J connectivity index is 2.24. The first kappa shape index (κ1) is 14.2. The molecule has 0 atom stereocenters. The van der Waals surface area contributed by atoms with Crippen molar-refractivity contribution >= 4 is 18.8 Å². The standard InChI is InChI=1S/C17H21OP/c1-17(2,3)14-18-19(15-10-6-4-7-11-15)16-12-8-5-9-13-16/h4-13H,14H2,1-3H3/p+1. The first-order valence-corrected chi connectivity index (χ1v) is 8.08. The van der Waals surface area contributed by atoms with E-state index in [0.29, 0.717) is 0 Å². The second kappa shape index (κ2) is 6.32. The zero-order valence-electron chi connectivity index (χ0n) is 11.9. The van der Waals surface area contributed by atoms with Gasteiger partial charge in [0.25, 0.3) is 0 Å². The summed E-state index contributed by atoms with van der Waals surface area (Å²) >= 11 is 0. The number of hydrogen-bond acceptors (Lipinski definition) is 1. The van der Waals surface area contributed by atoms with Crippen molar-refractivity contribution < 1.29 is 4.52 Å². The van der Waals surface area contributed by atoms with E-state index in [1.807, 2.05) is 0 Å². The van der Waals surface area contributed by atoms with Crippen molar-refractivity contribution in [3.8, 4) is 0 Å². The third-order valence-corrected chi connectivity index (χ3v) is 4.87. The van der Waals surface area contributed by atoms with Gasteiger partial charge in [-0.05, 0) is 29.7 Å². The van der Waals surface area contributed by atoms with Crippen molar-refractivity contribution in [1.82, 2.24) is 0 Å². The molecule has 0 spiro atoms. The molecule has 0 radical (unpaired) electrons. The van der Waals surface area contributed by atoms with E-state index in [4.69, 9.17) is 4.52 Å². The first-order chi connectivity index (χ1) is 9.06. The Morgan fingerprint density at radius 3 is 1.58 bits per heavy atom. The summed E-state index contributed by atoms with van der Waals surface area (Å²) in [6.07, 6.45) is 0. The van der Waals surface area contributed by atoms with E-state index >= 15 is 0 Å². The predicted octanol–water partition coefficient (Wildman–Crippen LogP) is 3.83. The van der Waals surface area contributed by atoms with Crippen molar-refractivity contribution in [3.63, 3.8) is 0 Å². The van der Waals surface area contributed by atoms with E-state index in [1.165, 1.54) is 10.6 Å². The molecule has 0 heterocycles. The lowest BCUT2D eigenvalue weighted by Gasteiger charge is -2.18. The van der Waals surface area contributed by atoms with Crippen molar-refractivity contribution in [3.05, 3.63) is 60.7 Å². The van der Waals surface area contributed by atoms with Crippen LogP contribution in [0.2, 0.25) is 0 Å². The van der Waals surface area contributed by atoms with Crippen molar-refractivity contribution in [2.45, 2.75) is 20.8 Å². The predicted molar refractivity (Wildman–Crippen MR) is 85.9 cm³/mol. The number of benzene rings is 2. The minimum Gasteiger partial charge on any atom is -0.229 e. The molecule has 0 aliphatic heterocycles. The molecular weight excluding hydrogens is 251 g/mol. The van der Waals surface area contributed by atoms with Gasteiger partial charge in [0.15, 0.2) is 8.15 Å². The lowest BCUT2D eigenvalue weighted by atomic mass is 9.99. The Kier molecular flexibility index (Phi) is 4.74. The molecule has 0 saturated carbocycles. The fourth-order valence-corrected chi connectivity index (χ4v) is 4.04. The van der Waals surface area contributed by atoms with Gasteiger partial charge in [0.1, 0.15) is 10.6 Å². The van der Waals surface area contributed by atoms with Gasteiger partial charge in [0, 0.05) is 0 Å². The van der Waals surface area contributed by atoms with Crippen molar-refractivity contribution in [1.29, 1.82) is 0 Å². The van der Waals surface area contributed by atoms with Gasteiger partial charge in [-0.1, -0.05) is 57.2 Å². The van der Waals surface area contributed by atoms with Crippen molar-refractivity contribution in [2.24, 2.45) is 5.41 Å². The van der Waals surface area contributed by atoms with Crippen LogP contribution in [0, 0.1) is 5.41 Å². The Bertz CT molecular complexity index is 448. The third kappa shape index (κ3) is 4.45. The summed E-state index contributed by atoms with van der Waals surface area (Å²) in [5.74, 6) is 0. The number of hydrogen-bond donors (Lipinski definition) is 0. The van der Waals surface area contributed by atoms with Gasteiger partial charge in [0.2, 0.25) is 0 Å². The highest BCUT2D eigenvalue weighted by atomic mass is 31.1. The van der Waals surface area contributed by atoms with Crippen LogP contribution in [0.4, 0.5) is 0 Å². The second-order valence-electron chi connectivity index (χ2n) is 5.91. The van der Waals surface area contributed by atoms with E-state index < -0.39 is 8.15 Å². The fourth-order valence-electron chi connectivity index (χ4n) is 1.80. The lowest BCUT2D eigenvalue weighted by molar-refractivity contribution is 0.220. The average molecular weight is 273 g/mol. The van der Waals surface area contributed by atoms with Crippen LogP contribution in [0.3, 0.4) is 0 Å². The summed E-state index contributed by atoms with van der Waals surface area (Å²) in [6.45, 7) is 7.42. The Morgan fingerprint density at radius 2 is 1.21 bits per heavy atom. The first-order valence-electron chi connectivity index (χ1n) is 6.67. The third-order valence-electron chi connectivity index (χ3n) is 2.72. The van der Waals surface area contributed by atoms with Gasteiger partial charge in [-0.15, -0.1) is 0 Å². The molecule has 19 heavy (non-hydrogen) atoms. The molecule has 0 N–H and O–H groups in total. The second-order valence-corrected chi connectivity index (χ2v) is 8.01. The Labute approximate surface area is 117 Å². The van der Waals surface area contributed by atoms with Gasteiger partial charge >= 0.3 is 0 Å². The molecule has 0 saturated heterocycles. The molecular formula is C17H22OP+. The minimum atomic E-state index is -1.13. The molecule has 1 nitrogen and oxygen atoms in total. The number of rotatable bonds is 4. The molecule has 0 fully saturated rings. The van der Waals surface area contributed by atoms with Gasteiger partial charge in [-0.2, -0.15) is 0 Å². The van der Waals surface area contributed by atoms with Crippen LogP contribution in [0.1, 0.15) is 20.8 Å². The largest absolute Gasteiger partial charge is 0.229 e. The van der Waals surface area contributed by atoms with Crippen LogP contribution in [-0.2, 0) is 4.52 Å². The monoisotopic (exact) mass is 273 g/mol. The fraction of sp³-hybridized carbons (Fsp3) is 0.294. The van der Waals surface area contributed by atoms with Crippen molar-refractivity contribution in [2.75, 3.05) is 6.61 Å².